The fourth-order valence-electron chi connectivity index (χ4n) is 1.95. The van der Waals surface area contributed by atoms with Crippen molar-refractivity contribution in [3.63, 3.8) is 0 Å². The van der Waals surface area contributed by atoms with Gasteiger partial charge in [-0.25, -0.2) is 8.78 Å². The summed E-state index contributed by atoms with van der Waals surface area (Å²) < 4.78 is 37.4. The van der Waals surface area contributed by atoms with E-state index in [1.807, 2.05) is 0 Å². The summed E-state index contributed by atoms with van der Waals surface area (Å²) in [6.45, 7) is 0. The Balaban J connectivity index is 0.000000891. The lowest BCUT2D eigenvalue weighted by Gasteiger charge is -2.12. The van der Waals surface area contributed by atoms with Crippen LogP contribution in [-0.2, 0) is 4.74 Å². The van der Waals surface area contributed by atoms with Crippen LogP contribution < -0.4 is 9.82 Å². The highest BCUT2D eigenvalue weighted by atomic mass is 127. The third kappa shape index (κ3) is 5.09. The zero-order valence-corrected chi connectivity index (χ0v) is 16.6. The second-order valence-corrected chi connectivity index (χ2v) is 6.57. The van der Waals surface area contributed by atoms with Crippen molar-refractivity contribution >= 4 is 40.3 Å². The first-order valence-corrected chi connectivity index (χ1v) is 10.8. The number of halogens is 3. The van der Waals surface area contributed by atoms with Crippen LogP contribution in [0.15, 0.2) is 30.3 Å². The van der Waals surface area contributed by atoms with Gasteiger partial charge in [0.05, 0.1) is 12.7 Å². The lowest BCUT2D eigenvalue weighted by atomic mass is 10.0. The van der Waals surface area contributed by atoms with Gasteiger partial charge in [0.1, 0.15) is 5.82 Å². The van der Waals surface area contributed by atoms with Crippen LogP contribution in [0.4, 0.5) is 14.5 Å². The smallest absolute Gasteiger partial charge is 0.175 e. The highest BCUT2D eigenvalue weighted by Gasteiger charge is 2.17. The van der Waals surface area contributed by atoms with Gasteiger partial charge in [-0.15, -0.1) is 0 Å². The van der Waals surface area contributed by atoms with E-state index in [0.29, 0.717) is 23.2 Å². The lowest BCUT2D eigenvalue weighted by Crippen LogP contribution is -1.97. The zero-order valence-electron chi connectivity index (χ0n) is 13.4. The van der Waals surface area contributed by atoms with Crippen LogP contribution in [0.25, 0.3) is 11.1 Å². The summed E-state index contributed by atoms with van der Waals surface area (Å²) in [5.41, 5.74) is 1.58. The molecule has 0 spiro atoms. The molecule has 0 saturated heterocycles. The number of methoxy groups -OCH3 is 2. The van der Waals surface area contributed by atoms with E-state index < -0.39 is 11.6 Å². The summed E-state index contributed by atoms with van der Waals surface area (Å²) in [6.07, 6.45) is 1.58. The molecule has 0 radical (unpaired) electrons. The van der Waals surface area contributed by atoms with E-state index in [2.05, 4.69) is 31.9 Å². The zero-order chi connectivity index (χ0) is 18.1. The third-order valence-electron chi connectivity index (χ3n) is 2.95. The van der Waals surface area contributed by atoms with Crippen molar-refractivity contribution in [3.05, 3.63) is 47.5 Å². The predicted molar refractivity (Wildman–Crippen MR) is 105 cm³/mol. The van der Waals surface area contributed by atoms with Crippen molar-refractivity contribution in [2.75, 3.05) is 26.4 Å². The molecule has 24 heavy (non-hydrogen) atoms. The molecule has 1 atom stereocenters. The number of hydrogen-bond acceptors (Lipinski definition) is 4. The fraction of sp³-hybridized carbons (Fsp3) is 0.188. The van der Waals surface area contributed by atoms with Gasteiger partial charge in [-0.2, -0.15) is 0 Å². The Morgan fingerprint density at radius 2 is 1.83 bits per heavy atom. The van der Waals surface area contributed by atoms with E-state index in [1.165, 1.54) is 25.5 Å². The average molecular weight is 466 g/mol. The summed E-state index contributed by atoms with van der Waals surface area (Å²) in [5, 5.41) is 10.4. The molecule has 2 aromatic rings. The van der Waals surface area contributed by atoms with Crippen LogP contribution in [0.3, 0.4) is 0 Å². The Labute approximate surface area is 154 Å². The largest absolute Gasteiger partial charge is 0.494 e. The third-order valence-corrected chi connectivity index (χ3v) is 4.13. The fourth-order valence-corrected chi connectivity index (χ4v) is 3.14. The Bertz CT molecular complexity index is 702. The summed E-state index contributed by atoms with van der Waals surface area (Å²) in [7, 11) is 4.59. The molecular formula is C16H18F2IN2O2P. The van der Waals surface area contributed by atoms with Gasteiger partial charge in [0.15, 0.2) is 11.6 Å². The molecule has 1 unspecified atom stereocenters. The maximum Gasteiger partial charge on any atom is 0.175 e. The molecule has 0 aliphatic rings. The summed E-state index contributed by atoms with van der Waals surface area (Å²) >= 11 is 2.15. The average Bonchev–Trinajstić information content (AvgIpc) is 2.56. The summed E-state index contributed by atoms with van der Waals surface area (Å²) in [4.78, 5) is 0. The van der Waals surface area contributed by atoms with E-state index >= 15 is 0 Å². The van der Waals surface area contributed by atoms with Crippen LogP contribution in [-0.4, -0.2) is 27.5 Å². The minimum Gasteiger partial charge on any atom is -0.494 e. The highest BCUT2D eigenvalue weighted by molar-refractivity contribution is 14.2. The molecule has 2 N–H and O–H groups in total. The number of benzene rings is 2. The molecule has 0 aliphatic heterocycles. The van der Waals surface area contributed by atoms with Gasteiger partial charge in [0.2, 0.25) is 0 Å². The van der Waals surface area contributed by atoms with E-state index in [-0.39, 0.29) is 11.3 Å². The molecule has 2 aromatic carbocycles. The molecule has 0 fully saturated rings. The molecule has 2 rings (SSSR count). The number of hydrogen-bond donors (Lipinski definition) is 2. The monoisotopic (exact) mass is 466 g/mol. The number of ether oxygens (including phenoxy) is 2. The molecule has 4 nitrogen and oxygen atoms in total. The Morgan fingerprint density at radius 3 is 2.38 bits per heavy atom. The summed E-state index contributed by atoms with van der Waals surface area (Å²) in [6, 6.07) is 7.30. The quantitative estimate of drug-likeness (QED) is 0.360. The first kappa shape index (κ1) is 20.7. The standard InChI is InChI=1S/C14H12F2IN2OP.C2H6O/c1-20-12-5-4-10(15)13(14(12)16)8-2-3-9(7-18)11(6-8)19-21-17;1-3-2/h2-7,18-19,21H,1H3;1-2H3. The molecule has 8 heteroatoms. The van der Waals surface area contributed by atoms with Crippen LogP contribution in [0.1, 0.15) is 5.56 Å². The normalized spacial score (nSPS) is 10.2. The van der Waals surface area contributed by atoms with Crippen molar-refractivity contribution in [2.24, 2.45) is 0 Å². The van der Waals surface area contributed by atoms with Crippen molar-refractivity contribution < 1.29 is 18.3 Å². The van der Waals surface area contributed by atoms with Gasteiger partial charge in [-0.05, 0) is 45.8 Å². The molecule has 0 amide bonds. The molecule has 0 saturated carbocycles. The first-order chi connectivity index (χ1) is 11.5. The Morgan fingerprint density at radius 1 is 1.17 bits per heavy atom. The Kier molecular flexibility index (Phi) is 9.10. The minimum atomic E-state index is -0.733. The van der Waals surface area contributed by atoms with Gasteiger partial charge in [-0.1, -0.05) is 12.1 Å². The van der Waals surface area contributed by atoms with Crippen LogP contribution in [0.5, 0.6) is 5.75 Å². The maximum absolute atomic E-state index is 14.3. The van der Waals surface area contributed by atoms with E-state index in [0.717, 1.165) is 0 Å². The molecule has 0 aliphatic carbocycles. The van der Waals surface area contributed by atoms with E-state index in [4.69, 9.17) is 10.1 Å². The Hall–Kier alpha value is -1.31. The van der Waals surface area contributed by atoms with Crippen molar-refractivity contribution in [2.45, 2.75) is 0 Å². The van der Waals surface area contributed by atoms with Gasteiger partial charge in [0.25, 0.3) is 0 Å². The van der Waals surface area contributed by atoms with Gasteiger partial charge >= 0.3 is 0 Å². The number of nitrogens with one attached hydrogen (secondary N) is 2. The molecule has 0 aromatic heterocycles. The van der Waals surface area contributed by atoms with Crippen LogP contribution >= 0.6 is 28.4 Å². The maximum atomic E-state index is 14.3. The predicted octanol–water partition coefficient (Wildman–Crippen LogP) is 5.26. The van der Waals surface area contributed by atoms with E-state index in [1.54, 1.807) is 32.4 Å². The van der Waals surface area contributed by atoms with E-state index in [9.17, 15) is 8.78 Å². The first-order valence-electron chi connectivity index (χ1n) is 6.72. The summed E-state index contributed by atoms with van der Waals surface area (Å²) in [5.74, 6) is -1.39. The van der Waals surface area contributed by atoms with Crippen LogP contribution in [0.2, 0.25) is 0 Å². The van der Waals surface area contributed by atoms with Gasteiger partial charge < -0.3 is 20.0 Å². The molecule has 0 bridgehead atoms. The minimum absolute atomic E-state index is 0.00666. The van der Waals surface area contributed by atoms with Crippen molar-refractivity contribution in [3.8, 4) is 16.9 Å². The lowest BCUT2D eigenvalue weighted by molar-refractivity contribution is 0.277. The second kappa shape index (κ2) is 10.5. The van der Waals surface area contributed by atoms with Crippen molar-refractivity contribution in [1.82, 2.24) is 0 Å². The number of rotatable bonds is 5. The second-order valence-electron chi connectivity index (χ2n) is 4.51. The molecular weight excluding hydrogens is 448 g/mol. The van der Waals surface area contributed by atoms with Gasteiger partial charge in [0, 0.05) is 38.1 Å². The molecule has 0 heterocycles. The van der Waals surface area contributed by atoms with Crippen LogP contribution in [0, 0.1) is 17.0 Å². The SMILES string of the molecule is COC.COc1ccc(F)c(-c2ccc(C=N)c(NPI)c2)c1F. The van der Waals surface area contributed by atoms with Crippen molar-refractivity contribution in [1.29, 1.82) is 5.41 Å². The topological polar surface area (TPSA) is 54.3 Å². The number of anilines is 1. The highest BCUT2D eigenvalue weighted by Crippen LogP contribution is 2.35. The van der Waals surface area contributed by atoms with Gasteiger partial charge in [-0.3, -0.25) is 0 Å². The molecule has 130 valence electrons.